The quantitative estimate of drug-likeness (QED) is 0.604. The van der Waals surface area contributed by atoms with E-state index in [-0.39, 0.29) is 35.1 Å². The molecule has 0 aromatic rings. The maximum atomic E-state index is 13.2. The van der Waals surface area contributed by atoms with E-state index in [4.69, 9.17) is 4.74 Å². The van der Waals surface area contributed by atoms with Crippen LogP contribution in [0.1, 0.15) is 91.9 Å². The van der Waals surface area contributed by atoms with Crippen LogP contribution in [0.5, 0.6) is 0 Å². The molecule has 0 spiro atoms. The van der Waals surface area contributed by atoms with Crippen molar-refractivity contribution in [3.05, 3.63) is 0 Å². The number of carbonyl (C=O) groups excluding carboxylic acids is 2. The standard InChI is InChI=1S/C27H44O5/c1-16(6-11-24(30)32-5)21-9-10-22-20-8-7-18-14-19(29)12-13-25(18,3)23(20)15-27(31,17(2)28)26(21,22)4/h16,18-23,29,31H,6-15H2,1-5H3/t16-,18-,19-,20+,21-,22+,23+,25+,26-,27-/m1/s1. The van der Waals surface area contributed by atoms with E-state index in [1.807, 2.05) is 0 Å². The minimum atomic E-state index is -1.32. The van der Waals surface area contributed by atoms with Crippen molar-refractivity contribution in [2.75, 3.05) is 7.11 Å². The largest absolute Gasteiger partial charge is 0.469 e. The number of fused-ring (bicyclic) bond motifs is 5. The van der Waals surface area contributed by atoms with Crippen LogP contribution >= 0.6 is 0 Å². The molecule has 0 bridgehead atoms. The van der Waals surface area contributed by atoms with E-state index < -0.39 is 11.0 Å². The summed E-state index contributed by atoms with van der Waals surface area (Å²) in [6.45, 7) is 8.36. The SMILES string of the molecule is COC(=O)CC[C@@H](C)[C@H]1CC[C@H]2[C@@H]3CC[C@@H]4C[C@H](O)CC[C@]4(C)[C@H]3C[C@@](O)(C(C)=O)[C@]12C. The van der Waals surface area contributed by atoms with Gasteiger partial charge in [0.1, 0.15) is 5.60 Å². The average Bonchev–Trinajstić information content (AvgIpc) is 3.12. The third kappa shape index (κ3) is 3.40. The second kappa shape index (κ2) is 8.37. The van der Waals surface area contributed by atoms with Crippen LogP contribution in [-0.4, -0.2) is 40.8 Å². The molecule has 182 valence electrons. The van der Waals surface area contributed by atoms with Crippen molar-refractivity contribution in [1.82, 2.24) is 0 Å². The Morgan fingerprint density at radius 1 is 1.09 bits per heavy atom. The molecule has 32 heavy (non-hydrogen) atoms. The van der Waals surface area contributed by atoms with Gasteiger partial charge in [0.15, 0.2) is 5.78 Å². The van der Waals surface area contributed by atoms with Crippen LogP contribution in [0.25, 0.3) is 0 Å². The Labute approximate surface area is 193 Å². The fourth-order valence-corrected chi connectivity index (χ4v) is 9.37. The molecule has 4 fully saturated rings. The molecule has 10 atom stereocenters. The Hall–Kier alpha value is -0.940. The number of rotatable bonds is 5. The van der Waals surface area contributed by atoms with Gasteiger partial charge in [0.05, 0.1) is 13.2 Å². The van der Waals surface area contributed by atoms with Crippen molar-refractivity contribution >= 4 is 11.8 Å². The van der Waals surface area contributed by atoms with Crippen molar-refractivity contribution in [3.8, 4) is 0 Å². The van der Waals surface area contributed by atoms with Gasteiger partial charge in [-0.25, -0.2) is 0 Å². The number of hydrogen-bond acceptors (Lipinski definition) is 5. The van der Waals surface area contributed by atoms with E-state index in [0.717, 1.165) is 51.4 Å². The van der Waals surface area contributed by atoms with E-state index in [0.29, 0.717) is 36.5 Å². The average molecular weight is 449 g/mol. The highest BCUT2D eigenvalue weighted by Crippen LogP contribution is 2.71. The Balaban J connectivity index is 1.67. The van der Waals surface area contributed by atoms with Crippen LogP contribution in [-0.2, 0) is 14.3 Å². The molecule has 0 aliphatic heterocycles. The lowest BCUT2D eigenvalue weighted by molar-refractivity contribution is -0.221. The molecule has 5 heteroatoms. The second-order valence-corrected chi connectivity index (χ2v) is 12.3. The maximum Gasteiger partial charge on any atom is 0.305 e. The predicted octanol–water partition coefficient (Wildman–Crippen LogP) is 4.53. The third-order valence-corrected chi connectivity index (χ3v) is 11.3. The van der Waals surface area contributed by atoms with Gasteiger partial charge in [-0.05, 0) is 106 Å². The normalized spacial score (nSPS) is 48.8. The van der Waals surface area contributed by atoms with E-state index in [1.54, 1.807) is 6.92 Å². The zero-order valence-corrected chi connectivity index (χ0v) is 20.7. The molecule has 4 rings (SSSR count). The van der Waals surface area contributed by atoms with E-state index in [9.17, 15) is 19.8 Å². The Morgan fingerprint density at radius 2 is 1.81 bits per heavy atom. The molecule has 2 N–H and O–H groups in total. The molecule has 0 heterocycles. The molecule has 4 aliphatic rings. The van der Waals surface area contributed by atoms with Crippen LogP contribution in [0.3, 0.4) is 0 Å². The van der Waals surface area contributed by atoms with E-state index >= 15 is 0 Å². The summed E-state index contributed by atoms with van der Waals surface area (Å²) in [6, 6.07) is 0. The first-order valence-electron chi connectivity index (χ1n) is 13.0. The molecule has 0 unspecified atom stereocenters. The van der Waals surface area contributed by atoms with Gasteiger partial charge in [-0.15, -0.1) is 0 Å². The topological polar surface area (TPSA) is 83.8 Å². The van der Waals surface area contributed by atoms with Gasteiger partial charge in [0, 0.05) is 11.8 Å². The fourth-order valence-electron chi connectivity index (χ4n) is 9.37. The fraction of sp³-hybridized carbons (Fsp3) is 0.926. The number of carbonyl (C=O) groups is 2. The number of methoxy groups -OCH3 is 1. The summed E-state index contributed by atoms with van der Waals surface area (Å²) < 4.78 is 4.85. The first kappa shape index (κ1) is 24.2. The monoisotopic (exact) mass is 448 g/mol. The third-order valence-electron chi connectivity index (χ3n) is 11.3. The van der Waals surface area contributed by atoms with Gasteiger partial charge in [0.2, 0.25) is 0 Å². The van der Waals surface area contributed by atoms with E-state index in [2.05, 4.69) is 20.8 Å². The van der Waals surface area contributed by atoms with Crippen LogP contribution in [0.2, 0.25) is 0 Å². The minimum Gasteiger partial charge on any atom is -0.469 e. The number of aliphatic hydroxyl groups excluding tert-OH is 1. The highest BCUT2D eigenvalue weighted by molar-refractivity contribution is 5.86. The molecule has 5 nitrogen and oxygen atoms in total. The minimum absolute atomic E-state index is 0.0860. The number of ether oxygens (including phenoxy) is 1. The summed E-state index contributed by atoms with van der Waals surface area (Å²) in [7, 11) is 1.43. The lowest BCUT2D eigenvalue weighted by Crippen LogP contribution is -2.66. The molecule has 0 amide bonds. The predicted molar refractivity (Wildman–Crippen MR) is 123 cm³/mol. The van der Waals surface area contributed by atoms with Crippen LogP contribution in [0.15, 0.2) is 0 Å². The van der Waals surface area contributed by atoms with Crippen molar-refractivity contribution < 1.29 is 24.5 Å². The van der Waals surface area contributed by atoms with Crippen LogP contribution < -0.4 is 0 Å². The molecule has 0 aromatic heterocycles. The number of ketones is 1. The summed E-state index contributed by atoms with van der Waals surface area (Å²) in [5, 5.41) is 22.5. The van der Waals surface area contributed by atoms with E-state index in [1.165, 1.54) is 7.11 Å². The first-order chi connectivity index (χ1) is 15.0. The number of aliphatic hydroxyl groups is 2. The molecular weight excluding hydrogens is 404 g/mol. The summed E-state index contributed by atoms with van der Waals surface area (Å²) in [5.41, 5.74) is -1.67. The van der Waals surface area contributed by atoms with Crippen LogP contribution in [0, 0.1) is 46.3 Å². The molecule has 0 aromatic carbocycles. The van der Waals surface area contributed by atoms with Crippen molar-refractivity contribution in [3.63, 3.8) is 0 Å². The summed E-state index contributed by atoms with van der Waals surface area (Å²) in [4.78, 5) is 24.9. The van der Waals surface area contributed by atoms with Gasteiger partial charge in [-0.3, -0.25) is 9.59 Å². The Bertz CT molecular complexity index is 750. The molecule has 4 aliphatic carbocycles. The van der Waals surface area contributed by atoms with Gasteiger partial charge in [-0.1, -0.05) is 20.8 Å². The zero-order chi connectivity index (χ0) is 23.5. The Morgan fingerprint density at radius 3 is 2.47 bits per heavy atom. The first-order valence-corrected chi connectivity index (χ1v) is 13.0. The van der Waals surface area contributed by atoms with Crippen molar-refractivity contribution in [1.29, 1.82) is 0 Å². The molecule has 0 saturated heterocycles. The summed E-state index contributed by atoms with van der Waals surface area (Å²) in [5.74, 6) is 1.91. The van der Waals surface area contributed by atoms with Crippen molar-refractivity contribution in [2.24, 2.45) is 46.3 Å². The van der Waals surface area contributed by atoms with Gasteiger partial charge < -0.3 is 14.9 Å². The number of esters is 1. The summed E-state index contributed by atoms with van der Waals surface area (Å²) >= 11 is 0. The van der Waals surface area contributed by atoms with Crippen molar-refractivity contribution in [2.45, 2.75) is 104 Å². The zero-order valence-electron chi connectivity index (χ0n) is 20.7. The highest BCUT2D eigenvalue weighted by atomic mass is 16.5. The number of Topliss-reactive ketones (excluding diaryl/α,β-unsaturated/α-hetero) is 1. The lowest BCUT2D eigenvalue weighted by Gasteiger charge is -2.65. The van der Waals surface area contributed by atoms with Gasteiger partial charge >= 0.3 is 5.97 Å². The summed E-state index contributed by atoms with van der Waals surface area (Å²) in [6.07, 6.45) is 8.57. The van der Waals surface area contributed by atoms with Crippen LogP contribution in [0.4, 0.5) is 0 Å². The smallest absolute Gasteiger partial charge is 0.305 e. The molecular formula is C27H44O5. The second-order valence-electron chi connectivity index (χ2n) is 12.3. The molecule has 0 radical (unpaired) electrons. The van der Waals surface area contributed by atoms with Gasteiger partial charge in [-0.2, -0.15) is 0 Å². The van der Waals surface area contributed by atoms with Gasteiger partial charge in [0.25, 0.3) is 0 Å². The lowest BCUT2D eigenvalue weighted by atomic mass is 9.40. The number of hydrogen-bond donors (Lipinski definition) is 2. The maximum absolute atomic E-state index is 13.2. The highest BCUT2D eigenvalue weighted by Gasteiger charge is 2.70. The Kier molecular flexibility index (Phi) is 6.33. The molecule has 4 saturated carbocycles.